The molecule has 0 aliphatic carbocycles. The largest absolute Gasteiger partial charge is 0.494 e. The number of ketones is 1. The molecule has 29 heavy (non-hydrogen) atoms. The number of amides is 1. The Hall–Kier alpha value is -3.39. The molecule has 1 aliphatic heterocycles. The average Bonchev–Trinajstić information content (AvgIpc) is 3.37. The standard InChI is InChI=1S/C21H18N2O5S/c1-3-26-14-6-4-13(5-7-14)21-23-17(10-29-21)20(25)22-16-9-19-18(27-11-28-19)8-15(16)12(2)24/h4-10H,3,11H2,1-2H3,(H,22,25). The highest BCUT2D eigenvalue weighted by Crippen LogP contribution is 2.37. The molecule has 0 fully saturated rings. The van der Waals surface area contributed by atoms with Crippen LogP contribution >= 0.6 is 11.3 Å². The van der Waals surface area contributed by atoms with Crippen molar-refractivity contribution in [3.63, 3.8) is 0 Å². The molecule has 0 saturated carbocycles. The van der Waals surface area contributed by atoms with Gasteiger partial charge >= 0.3 is 0 Å². The highest BCUT2D eigenvalue weighted by molar-refractivity contribution is 7.13. The summed E-state index contributed by atoms with van der Waals surface area (Å²) in [5, 5.41) is 5.16. The van der Waals surface area contributed by atoms with E-state index < -0.39 is 5.91 Å². The normalized spacial score (nSPS) is 11.9. The quantitative estimate of drug-likeness (QED) is 0.607. The minimum absolute atomic E-state index is 0.0849. The highest BCUT2D eigenvalue weighted by atomic mass is 32.1. The van der Waals surface area contributed by atoms with Crippen molar-refractivity contribution in [1.82, 2.24) is 4.98 Å². The third kappa shape index (κ3) is 3.93. The third-order valence-electron chi connectivity index (χ3n) is 4.29. The first-order chi connectivity index (χ1) is 14.0. The first-order valence-corrected chi connectivity index (χ1v) is 9.88. The van der Waals surface area contributed by atoms with Gasteiger partial charge in [-0.05, 0) is 44.2 Å². The van der Waals surface area contributed by atoms with Crippen LogP contribution in [0.1, 0.15) is 34.7 Å². The lowest BCUT2D eigenvalue weighted by molar-refractivity contribution is 0.101. The van der Waals surface area contributed by atoms with Crippen LogP contribution in [0, 0.1) is 0 Å². The van der Waals surface area contributed by atoms with E-state index in [1.165, 1.54) is 18.3 Å². The van der Waals surface area contributed by atoms with Crippen LogP contribution in [0.5, 0.6) is 17.2 Å². The highest BCUT2D eigenvalue weighted by Gasteiger charge is 2.21. The number of carbonyl (C=O) groups excluding carboxylic acids is 2. The van der Waals surface area contributed by atoms with Gasteiger partial charge in [0.1, 0.15) is 16.5 Å². The van der Waals surface area contributed by atoms with Crippen LogP contribution in [0.15, 0.2) is 41.8 Å². The Kier molecular flexibility index (Phi) is 5.18. The van der Waals surface area contributed by atoms with Gasteiger partial charge in [0.05, 0.1) is 12.3 Å². The van der Waals surface area contributed by atoms with E-state index in [4.69, 9.17) is 14.2 Å². The van der Waals surface area contributed by atoms with Crippen molar-refractivity contribution >= 4 is 28.7 Å². The number of benzene rings is 2. The molecule has 4 rings (SSSR count). The SMILES string of the molecule is CCOc1ccc(-c2nc(C(=O)Nc3cc4c(cc3C(C)=O)OCO4)cs2)cc1. The predicted molar refractivity (Wildman–Crippen MR) is 109 cm³/mol. The van der Waals surface area contributed by atoms with Crippen LogP contribution in [0.25, 0.3) is 10.6 Å². The number of thiazole rings is 1. The van der Waals surface area contributed by atoms with Crippen LogP contribution in [-0.4, -0.2) is 30.1 Å². The number of hydrogen-bond acceptors (Lipinski definition) is 7. The van der Waals surface area contributed by atoms with Gasteiger partial charge in [0.2, 0.25) is 6.79 Å². The van der Waals surface area contributed by atoms with Crippen molar-refractivity contribution < 1.29 is 23.8 Å². The van der Waals surface area contributed by atoms with Crippen LogP contribution in [0.4, 0.5) is 5.69 Å². The van der Waals surface area contributed by atoms with Crippen LogP contribution in [0.3, 0.4) is 0 Å². The van der Waals surface area contributed by atoms with Gasteiger partial charge in [0, 0.05) is 22.6 Å². The van der Waals surface area contributed by atoms with E-state index >= 15 is 0 Å². The molecule has 1 amide bonds. The number of carbonyl (C=O) groups is 2. The van der Waals surface area contributed by atoms with Crippen molar-refractivity contribution in [1.29, 1.82) is 0 Å². The minimum atomic E-state index is -0.403. The summed E-state index contributed by atoms with van der Waals surface area (Å²) in [6.07, 6.45) is 0. The van der Waals surface area contributed by atoms with Crippen molar-refractivity contribution in [2.45, 2.75) is 13.8 Å². The Morgan fingerprint density at radius 2 is 1.90 bits per heavy atom. The molecular formula is C21H18N2O5S. The maximum absolute atomic E-state index is 12.7. The fraction of sp³-hybridized carbons (Fsp3) is 0.190. The summed E-state index contributed by atoms with van der Waals surface area (Å²) < 4.78 is 16.1. The summed E-state index contributed by atoms with van der Waals surface area (Å²) in [4.78, 5) is 29.1. The summed E-state index contributed by atoms with van der Waals surface area (Å²) in [5.41, 5.74) is 1.88. The lowest BCUT2D eigenvalue weighted by Crippen LogP contribution is -2.14. The molecule has 2 heterocycles. The average molecular weight is 410 g/mol. The van der Waals surface area contributed by atoms with Gasteiger partial charge in [-0.3, -0.25) is 9.59 Å². The lowest BCUT2D eigenvalue weighted by Gasteiger charge is -2.09. The van der Waals surface area contributed by atoms with E-state index in [0.717, 1.165) is 16.3 Å². The summed E-state index contributed by atoms with van der Waals surface area (Å²) in [6.45, 7) is 4.04. The number of aromatic nitrogens is 1. The molecule has 148 valence electrons. The van der Waals surface area contributed by atoms with Crippen LogP contribution < -0.4 is 19.5 Å². The van der Waals surface area contributed by atoms with Gasteiger partial charge in [-0.15, -0.1) is 11.3 Å². The molecule has 0 bridgehead atoms. The molecule has 0 radical (unpaired) electrons. The van der Waals surface area contributed by atoms with Crippen molar-refractivity contribution in [3.8, 4) is 27.8 Å². The zero-order valence-electron chi connectivity index (χ0n) is 15.9. The predicted octanol–water partition coefficient (Wildman–Crippen LogP) is 4.39. The van der Waals surface area contributed by atoms with Gasteiger partial charge in [0.15, 0.2) is 17.3 Å². The number of rotatable bonds is 6. The number of nitrogens with one attached hydrogen (secondary N) is 1. The Balaban J connectivity index is 1.55. The number of ether oxygens (including phenoxy) is 3. The molecule has 0 atom stereocenters. The monoisotopic (exact) mass is 410 g/mol. The molecule has 1 aromatic heterocycles. The van der Waals surface area contributed by atoms with Gasteiger partial charge in [0.25, 0.3) is 5.91 Å². The number of anilines is 1. The van der Waals surface area contributed by atoms with Gasteiger partial charge in [-0.25, -0.2) is 4.98 Å². The zero-order chi connectivity index (χ0) is 20.4. The maximum atomic E-state index is 12.7. The Labute approximate surface area is 171 Å². The maximum Gasteiger partial charge on any atom is 0.275 e. The molecule has 3 aromatic rings. The van der Waals surface area contributed by atoms with Crippen molar-refractivity contribution in [3.05, 3.63) is 53.0 Å². The van der Waals surface area contributed by atoms with E-state index in [0.29, 0.717) is 29.4 Å². The van der Waals surface area contributed by atoms with Crippen LogP contribution in [0.2, 0.25) is 0 Å². The minimum Gasteiger partial charge on any atom is -0.494 e. The molecule has 0 unspecified atom stereocenters. The second-order valence-corrected chi connectivity index (χ2v) is 7.11. The summed E-state index contributed by atoms with van der Waals surface area (Å²) in [5.74, 6) is 1.16. The lowest BCUT2D eigenvalue weighted by atomic mass is 10.1. The van der Waals surface area contributed by atoms with Crippen molar-refractivity contribution in [2.24, 2.45) is 0 Å². The molecule has 8 heteroatoms. The van der Waals surface area contributed by atoms with E-state index in [-0.39, 0.29) is 18.3 Å². The van der Waals surface area contributed by atoms with Gasteiger partial charge in [-0.1, -0.05) is 0 Å². The smallest absolute Gasteiger partial charge is 0.275 e. The summed E-state index contributed by atoms with van der Waals surface area (Å²) in [6, 6.07) is 10.7. The topological polar surface area (TPSA) is 86.8 Å². The summed E-state index contributed by atoms with van der Waals surface area (Å²) in [7, 11) is 0. The number of Topliss-reactive ketones (excluding diaryl/α,β-unsaturated/α-hetero) is 1. The molecule has 1 aliphatic rings. The van der Waals surface area contributed by atoms with E-state index in [9.17, 15) is 9.59 Å². The van der Waals surface area contributed by atoms with Gasteiger partial charge < -0.3 is 19.5 Å². The molecule has 7 nitrogen and oxygen atoms in total. The van der Waals surface area contributed by atoms with E-state index in [1.54, 1.807) is 17.5 Å². The Bertz CT molecular complexity index is 1080. The number of nitrogens with zero attached hydrogens (tertiary/aromatic N) is 1. The van der Waals surface area contributed by atoms with Gasteiger partial charge in [-0.2, -0.15) is 0 Å². The molecule has 0 spiro atoms. The second kappa shape index (κ2) is 7.92. The third-order valence-corrected chi connectivity index (χ3v) is 5.18. The Morgan fingerprint density at radius 1 is 1.17 bits per heavy atom. The zero-order valence-corrected chi connectivity index (χ0v) is 16.7. The summed E-state index contributed by atoms with van der Waals surface area (Å²) >= 11 is 1.37. The number of hydrogen-bond donors (Lipinski definition) is 1. The molecule has 2 aromatic carbocycles. The van der Waals surface area contributed by atoms with E-state index in [2.05, 4.69) is 10.3 Å². The Morgan fingerprint density at radius 3 is 2.59 bits per heavy atom. The fourth-order valence-corrected chi connectivity index (χ4v) is 3.70. The molecule has 1 N–H and O–H groups in total. The molecular weight excluding hydrogens is 392 g/mol. The first kappa shape index (κ1) is 18.9. The van der Waals surface area contributed by atoms with Crippen molar-refractivity contribution in [2.75, 3.05) is 18.7 Å². The number of fused-ring (bicyclic) bond motifs is 1. The fourth-order valence-electron chi connectivity index (χ4n) is 2.89. The van der Waals surface area contributed by atoms with E-state index in [1.807, 2.05) is 31.2 Å². The first-order valence-electron chi connectivity index (χ1n) is 9.00. The second-order valence-electron chi connectivity index (χ2n) is 6.26. The molecule has 0 saturated heterocycles. The van der Waals surface area contributed by atoms with Crippen LogP contribution in [-0.2, 0) is 0 Å².